The van der Waals surface area contributed by atoms with Gasteiger partial charge in [-0.15, -0.1) is 0 Å². The van der Waals surface area contributed by atoms with Crippen molar-refractivity contribution in [1.82, 2.24) is 4.72 Å². The lowest BCUT2D eigenvalue weighted by Crippen LogP contribution is -2.32. The van der Waals surface area contributed by atoms with E-state index in [-0.39, 0.29) is 10.9 Å². The molecule has 6 heteroatoms. The molecule has 110 valence electrons. The largest absolute Gasteiger partial charge is 0.493 e. The Labute approximate surface area is 123 Å². The SMILES string of the molecule is Nc1ccc(S(=O)(=O)NC2CCOc3ccccc32)cc1. The molecule has 0 fully saturated rings. The van der Waals surface area contributed by atoms with Gasteiger partial charge in [-0.3, -0.25) is 0 Å². The summed E-state index contributed by atoms with van der Waals surface area (Å²) >= 11 is 0. The molecule has 1 aliphatic heterocycles. The van der Waals surface area contributed by atoms with Gasteiger partial charge in [0.15, 0.2) is 0 Å². The molecule has 3 rings (SSSR count). The van der Waals surface area contributed by atoms with Gasteiger partial charge in [-0.2, -0.15) is 0 Å². The number of sulfonamides is 1. The number of hydrogen-bond donors (Lipinski definition) is 2. The average molecular weight is 304 g/mol. The number of anilines is 1. The molecule has 1 atom stereocenters. The van der Waals surface area contributed by atoms with E-state index in [1.165, 1.54) is 12.1 Å². The fraction of sp³-hybridized carbons (Fsp3) is 0.200. The number of rotatable bonds is 3. The highest BCUT2D eigenvalue weighted by Crippen LogP contribution is 2.32. The van der Waals surface area contributed by atoms with Crippen LogP contribution in [0.5, 0.6) is 5.75 Å². The normalized spacial score (nSPS) is 17.8. The first-order valence-corrected chi connectivity index (χ1v) is 8.14. The van der Waals surface area contributed by atoms with Crippen LogP contribution in [-0.4, -0.2) is 15.0 Å². The number of ether oxygens (including phenoxy) is 1. The van der Waals surface area contributed by atoms with Gasteiger partial charge < -0.3 is 10.5 Å². The Morgan fingerprint density at radius 3 is 2.57 bits per heavy atom. The van der Waals surface area contributed by atoms with Crippen molar-refractivity contribution >= 4 is 15.7 Å². The summed E-state index contributed by atoms with van der Waals surface area (Å²) in [5.41, 5.74) is 6.98. The maximum absolute atomic E-state index is 12.4. The van der Waals surface area contributed by atoms with Crippen LogP contribution in [0.3, 0.4) is 0 Å². The molecule has 1 unspecified atom stereocenters. The molecule has 5 nitrogen and oxygen atoms in total. The Bertz CT molecular complexity index is 742. The number of nitrogens with one attached hydrogen (secondary N) is 1. The number of nitrogens with two attached hydrogens (primary N) is 1. The molecule has 21 heavy (non-hydrogen) atoms. The number of para-hydroxylation sites is 1. The molecule has 2 aromatic carbocycles. The second-order valence-electron chi connectivity index (χ2n) is 4.92. The summed E-state index contributed by atoms with van der Waals surface area (Å²) in [7, 11) is -3.58. The fourth-order valence-electron chi connectivity index (χ4n) is 2.37. The van der Waals surface area contributed by atoms with Gasteiger partial charge in [-0.25, -0.2) is 13.1 Å². The molecule has 2 aromatic rings. The first-order chi connectivity index (χ1) is 10.1. The minimum atomic E-state index is -3.58. The van der Waals surface area contributed by atoms with Crippen LogP contribution >= 0.6 is 0 Å². The Balaban J connectivity index is 1.88. The molecule has 1 heterocycles. The molecule has 0 spiro atoms. The first kappa shape index (κ1) is 13.9. The lowest BCUT2D eigenvalue weighted by molar-refractivity contribution is 0.263. The van der Waals surface area contributed by atoms with Crippen LogP contribution in [0, 0.1) is 0 Å². The molecule has 3 N–H and O–H groups in total. The molecule has 0 bridgehead atoms. The fourth-order valence-corrected chi connectivity index (χ4v) is 3.62. The molecule has 0 amide bonds. The van der Waals surface area contributed by atoms with Crippen LogP contribution in [0.4, 0.5) is 5.69 Å². The molecule has 0 aromatic heterocycles. The van der Waals surface area contributed by atoms with Crippen LogP contribution < -0.4 is 15.2 Å². The number of fused-ring (bicyclic) bond motifs is 1. The standard InChI is InChI=1S/C15H16N2O3S/c16-11-5-7-12(8-6-11)21(18,19)17-14-9-10-20-15-4-2-1-3-13(14)15/h1-8,14,17H,9-10,16H2. The summed E-state index contributed by atoms with van der Waals surface area (Å²) in [6, 6.07) is 13.3. The maximum atomic E-state index is 12.4. The Morgan fingerprint density at radius 1 is 1.10 bits per heavy atom. The van der Waals surface area contributed by atoms with Crippen molar-refractivity contribution in [3.05, 3.63) is 54.1 Å². The number of hydrogen-bond acceptors (Lipinski definition) is 4. The Morgan fingerprint density at radius 2 is 1.81 bits per heavy atom. The van der Waals surface area contributed by atoms with Crippen molar-refractivity contribution in [2.75, 3.05) is 12.3 Å². The smallest absolute Gasteiger partial charge is 0.241 e. The minimum absolute atomic E-state index is 0.209. The summed E-state index contributed by atoms with van der Waals surface area (Å²) in [6.45, 7) is 0.492. The van der Waals surface area contributed by atoms with Crippen molar-refractivity contribution in [1.29, 1.82) is 0 Å². The maximum Gasteiger partial charge on any atom is 0.241 e. The Hall–Kier alpha value is -2.05. The van der Waals surface area contributed by atoms with Gasteiger partial charge in [0.1, 0.15) is 5.75 Å². The predicted molar refractivity (Wildman–Crippen MR) is 80.5 cm³/mol. The lowest BCUT2D eigenvalue weighted by Gasteiger charge is -2.26. The summed E-state index contributed by atoms with van der Waals surface area (Å²) in [5.74, 6) is 0.730. The molecule has 1 aliphatic rings. The van der Waals surface area contributed by atoms with Crippen LogP contribution in [0.2, 0.25) is 0 Å². The van der Waals surface area contributed by atoms with Crippen molar-refractivity contribution in [2.45, 2.75) is 17.4 Å². The van der Waals surface area contributed by atoms with E-state index in [0.717, 1.165) is 11.3 Å². The van der Waals surface area contributed by atoms with Gasteiger partial charge in [-0.05, 0) is 30.3 Å². The van der Waals surface area contributed by atoms with E-state index < -0.39 is 10.0 Å². The third kappa shape index (κ3) is 2.86. The van der Waals surface area contributed by atoms with E-state index in [0.29, 0.717) is 18.7 Å². The van der Waals surface area contributed by atoms with Gasteiger partial charge in [-0.1, -0.05) is 18.2 Å². The second kappa shape index (κ2) is 5.38. The van der Waals surface area contributed by atoms with E-state index in [4.69, 9.17) is 10.5 Å². The summed E-state index contributed by atoms with van der Waals surface area (Å²) in [4.78, 5) is 0.209. The summed E-state index contributed by atoms with van der Waals surface area (Å²) in [5, 5.41) is 0. The summed E-state index contributed by atoms with van der Waals surface area (Å²) in [6.07, 6.45) is 0.602. The average Bonchev–Trinajstić information content (AvgIpc) is 2.48. The second-order valence-corrected chi connectivity index (χ2v) is 6.63. The monoisotopic (exact) mass is 304 g/mol. The van der Waals surface area contributed by atoms with Gasteiger partial charge in [0.25, 0.3) is 0 Å². The van der Waals surface area contributed by atoms with Gasteiger partial charge >= 0.3 is 0 Å². The van der Waals surface area contributed by atoms with Crippen molar-refractivity contribution in [3.63, 3.8) is 0 Å². The third-order valence-corrected chi connectivity index (χ3v) is 4.93. The highest BCUT2D eigenvalue weighted by molar-refractivity contribution is 7.89. The zero-order valence-corrected chi connectivity index (χ0v) is 12.1. The Kier molecular flexibility index (Phi) is 3.57. The minimum Gasteiger partial charge on any atom is -0.493 e. The quantitative estimate of drug-likeness (QED) is 0.851. The van der Waals surface area contributed by atoms with Crippen LogP contribution in [-0.2, 0) is 10.0 Å². The van der Waals surface area contributed by atoms with E-state index in [1.54, 1.807) is 12.1 Å². The van der Waals surface area contributed by atoms with Crippen LogP contribution in [0.1, 0.15) is 18.0 Å². The predicted octanol–water partition coefficient (Wildman–Crippen LogP) is 2.07. The molecular formula is C15H16N2O3S. The molecule has 0 radical (unpaired) electrons. The first-order valence-electron chi connectivity index (χ1n) is 6.66. The lowest BCUT2D eigenvalue weighted by atomic mass is 10.0. The third-order valence-electron chi connectivity index (χ3n) is 3.45. The topological polar surface area (TPSA) is 81.4 Å². The molecular weight excluding hydrogens is 288 g/mol. The van der Waals surface area contributed by atoms with Crippen LogP contribution in [0.15, 0.2) is 53.4 Å². The van der Waals surface area contributed by atoms with Crippen molar-refractivity contribution in [3.8, 4) is 5.75 Å². The van der Waals surface area contributed by atoms with Gasteiger partial charge in [0.05, 0.1) is 17.5 Å². The highest BCUT2D eigenvalue weighted by Gasteiger charge is 2.26. The molecule has 0 aliphatic carbocycles. The van der Waals surface area contributed by atoms with Crippen LogP contribution in [0.25, 0.3) is 0 Å². The highest BCUT2D eigenvalue weighted by atomic mass is 32.2. The van der Waals surface area contributed by atoms with Crippen molar-refractivity contribution < 1.29 is 13.2 Å². The van der Waals surface area contributed by atoms with E-state index in [2.05, 4.69) is 4.72 Å². The molecule has 0 saturated carbocycles. The van der Waals surface area contributed by atoms with E-state index in [9.17, 15) is 8.42 Å². The number of nitrogen functional groups attached to an aromatic ring is 1. The zero-order chi connectivity index (χ0) is 14.9. The zero-order valence-electron chi connectivity index (χ0n) is 11.3. The number of benzene rings is 2. The van der Waals surface area contributed by atoms with Gasteiger partial charge in [0, 0.05) is 17.7 Å². The van der Waals surface area contributed by atoms with Gasteiger partial charge in [0.2, 0.25) is 10.0 Å². The molecule has 0 saturated heterocycles. The van der Waals surface area contributed by atoms with Crippen molar-refractivity contribution in [2.24, 2.45) is 0 Å². The van der Waals surface area contributed by atoms with E-state index in [1.807, 2.05) is 24.3 Å². The van der Waals surface area contributed by atoms with E-state index >= 15 is 0 Å². The summed E-state index contributed by atoms with van der Waals surface area (Å²) < 4.78 is 33.1.